The second-order valence-electron chi connectivity index (χ2n) is 6.08. The highest BCUT2D eigenvalue weighted by Crippen LogP contribution is 2.40. The van der Waals surface area contributed by atoms with E-state index >= 15 is 0 Å². The van der Waals surface area contributed by atoms with Crippen LogP contribution in [-0.4, -0.2) is 60.8 Å². The highest BCUT2D eigenvalue weighted by Gasteiger charge is 2.56. The Balaban J connectivity index is 1.98. The largest absolute Gasteiger partial charge is 0.461 e. The molecule has 0 bridgehead atoms. The lowest BCUT2D eigenvalue weighted by molar-refractivity contribution is -0.229. The molecule has 2 heterocycles. The molecule has 0 aliphatic carbocycles. The zero-order chi connectivity index (χ0) is 15.8. The molecule has 2 rings (SSSR count). The van der Waals surface area contributed by atoms with Crippen molar-refractivity contribution in [1.29, 1.82) is 0 Å². The summed E-state index contributed by atoms with van der Waals surface area (Å²) in [4.78, 5) is 11.7. The maximum Gasteiger partial charge on any atom is 0.335 e. The Morgan fingerprint density at radius 3 is 2.48 bits per heavy atom. The van der Waals surface area contributed by atoms with Crippen LogP contribution in [0.4, 0.5) is 0 Å². The van der Waals surface area contributed by atoms with Gasteiger partial charge in [0.1, 0.15) is 12.2 Å². The number of esters is 1. The van der Waals surface area contributed by atoms with Crippen LogP contribution in [0.3, 0.4) is 0 Å². The molecule has 5 atom stereocenters. The Hall–Kier alpha value is -0.730. The third kappa shape index (κ3) is 3.73. The molecular formula is C14H24O7. The van der Waals surface area contributed by atoms with E-state index in [1.54, 1.807) is 27.7 Å². The van der Waals surface area contributed by atoms with Gasteiger partial charge in [-0.3, -0.25) is 0 Å². The van der Waals surface area contributed by atoms with E-state index in [-0.39, 0.29) is 24.7 Å². The average molecular weight is 304 g/mol. The van der Waals surface area contributed by atoms with Crippen LogP contribution in [0, 0.1) is 0 Å². The molecule has 2 aliphatic heterocycles. The van der Waals surface area contributed by atoms with Crippen LogP contribution in [0.2, 0.25) is 0 Å². The molecule has 0 radical (unpaired) electrons. The lowest BCUT2D eigenvalue weighted by Crippen LogP contribution is -2.36. The highest BCUT2D eigenvalue weighted by molar-refractivity contribution is 5.74. The van der Waals surface area contributed by atoms with Gasteiger partial charge in [-0.25, -0.2) is 4.79 Å². The average Bonchev–Trinajstić information content (AvgIpc) is 2.83. The van der Waals surface area contributed by atoms with Crippen molar-refractivity contribution in [2.24, 2.45) is 0 Å². The summed E-state index contributed by atoms with van der Waals surface area (Å²) < 4.78 is 27.4. The minimum Gasteiger partial charge on any atom is -0.461 e. The van der Waals surface area contributed by atoms with E-state index in [1.165, 1.54) is 7.11 Å². The summed E-state index contributed by atoms with van der Waals surface area (Å²) in [6.07, 6.45) is -3.28. The Bertz CT molecular complexity index is 382. The van der Waals surface area contributed by atoms with Crippen molar-refractivity contribution in [2.75, 3.05) is 7.11 Å². The molecule has 7 heteroatoms. The summed E-state index contributed by atoms with van der Waals surface area (Å²) >= 11 is 0. The monoisotopic (exact) mass is 304 g/mol. The van der Waals surface area contributed by atoms with E-state index in [4.69, 9.17) is 23.7 Å². The number of ether oxygens (including phenoxy) is 5. The van der Waals surface area contributed by atoms with Gasteiger partial charge >= 0.3 is 5.97 Å². The van der Waals surface area contributed by atoms with E-state index in [2.05, 4.69) is 0 Å². The molecular weight excluding hydrogens is 280 g/mol. The van der Waals surface area contributed by atoms with Gasteiger partial charge in [0.2, 0.25) is 0 Å². The molecule has 1 N–H and O–H groups in total. The maximum absolute atomic E-state index is 11.7. The molecule has 0 spiro atoms. The van der Waals surface area contributed by atoms with Crippen LogP contribution in [0.1, 0.15) is 34.1 Å². The van der Waals surface area contributed by atoms with Crippen LogP contribution >= 0.6 is 0 Å². The smallest absolute Gasteiger partial charge is 0.335 e. The first-order valence-corrected chi connectivity index (χ1v) is 7.16. The molecule has 2 aliphatic rings. The number of hydrogen-bond acceptors (Lipinski definition) is 7. The van der Waals surface area contributed by atoms with Crippen LogP contribution < -0.4 is 0 Å². The molecule has 2 fully saturated rings. The first kappa shape index (κ1) is 16.6. The Labute approximate surface area is 124 Å². The number of carbonyl (C=O) groups is 1. The van der Waals surface area contributed by atoms with Gasteiger partial charge in [-0.1, -0.05) is 0 Å². The lowest BCUT2D eigenvalue weighted by Gasteiger charge is -2.24. The number of aliphatic hydroxyl groups excluding tert-OH is 1. The third-order valence-electron chi connectivity index (χ3n) is 3.42. The van der Waals surface area contributed by atoms with Gasteiger partial charge in [-0.05, 0) is 27.7 Å². The van der Waals surface area contributed by atoms with Gasteiger partial charge in [-0.2, -0.15) is 0 Å². The second-order valence-corrected chi connectivity index (χ2v) is 6.08. The summed E-state index contributed by atoms with van der Waals surface area (Å²) in [6, 6.07) is 0. The molecule has 0 aromatic heterocycles. The summed E-state index contributed by atoms with van der Waals surface area (Å²) in [5.41, 5.74) is 0. The highest BCUT2D eigenvalue weighted by atomic mass is 16.8. The number of carbonyl (C=O) groups excluding carboxylic acids is 1. The summed E-state index contributed by atoms with van der Waals surface area (Å²) in [7, 11) is 1.52. The molecule has 0 saturated carbocycles. The normalized spacial score (nSPS) is 35.8. The molecule has 0 aromatic rings. The van der Waals surface area contributed by atoms with E-state index in [9.17, 15) is 9.90 Å². The van der Waals surface area contributed by atoms with Crippen molar-refractivity contribution in [3.05, 3.63) is 0 Å². The SMILES string of the molecule is CO[C@@H]1O[C@H](C[C@H](O)C(=O)OC(C)C)[C@H]2OC(C)(C)O[C@@H]12. The number of aliphatic hydroxyl groups is 1. The van der Waals surface area contributed by atoms with Crippen LogP contribution in [0.25, 0.3) is 0 Å². The number of rotatable bonds is 5. The van der Waals surface area contributed by atoms with Crippen molar-refractivity contribution in [3.8, 4) is 0 Å². The van der Waals surface area contributed by atoms with Crippen molar-refractivity contribution in [2.45, 2.75) is 76.7 Å². The second kappa shape index (κ2) is 6.18. The van der Waals surface area contributed by atoms with Gasteiger partial charge in [0, 0.05) is 13.5 Å². The summed E-state index contributed by atoms with van der Waals surface area (Å²) in [5.74, 6) is -1.40. The summed E-state index contributed by atoms with van der Waals surface area (Å²) in [5, 5.41) is 9.94. The minimum atomic E-state index is -1.26. The van der Waals surface area contributed by atoms with E-state index in [0.717, 1.165) is 0 Å². The van der Waals surface area contributed by atoms with Crippen molar-refractivity contribution in [1.82, 2.24) is 0 Å². The molecule has 0 amide bonds. The number of methoxy groups -OCH3 is 1. The summed E-state index contributed by atoms with van der Waals surface area (Å²) in [6.45, 7) is 7.06. The zero-order valence-electron chi connectivity index (χ0n) is 13.1. The minimum absolute atomic E-state index is 0.0754. The van der Waals surface area contributed by atoms with Crippen molar-refractivity contribution < 1.29 is 33.6 Å². The van der Waals surface area contributed by atoms with Crippen LogP contribution in [-0.2, 0) is 28.5 Å². The third-order valence-corrected chi connectivity index (χ3v) is 3.42. The predicted octanol–water partition coefficient (Wildman–Crippen LogP) is 0.580. The molecule has 2 saturated heterocycles. The first-order valence-electron chi connectivity index (χ1n) is 7.16. The fourth-order valence-electron chi connectivity index (χ4n) is 2.65. The molecule has 7 nitrogen and oxygen atoms in total. The fourth-order valence-corrected chi connectivity index (χ4v) is 2.65. The number of hydrogen-bond donors (Lipinski definition) is 1. The van der Waals surface area contributed by atoms with Gasteiger partial charge in [0.25, 0.3) is 0 Å². The van der Waals surface area contributed by atoms with E-state index < -0.39 is 30.3 Å². The Morgan fingerprint density at radius 2 is 1.90 bits per heavy atom. The van der Waals surface area contributed by atoms with Gasteiger partial charge in [-0.15, -0.1) is 0 Å². The molecule has 21 heavy (non-hydrogen) atoms. The maximum atomic E-state index is 11.7. The fraction of sp³-hybridized carbons (Fsp3) is 0.929. The van der Waals surface area contributed by atoms with E-state index in [1.807, 2.05) is 0 Å². The standard InChI is InChI=1S/C14H24O7/c1-7(2)18-12(16)8(15)6-9-10-11(13(17-5)19-9)21-14(3,4)20-10/h7-11,13,15H,6H2,1-5H3/t8-,9+,10+,11+,13+/m0/s1. The van der Waals surface area contributed by atoms with Crippen molar-refractivity contribution in [3.63, 3.8) is 0 Å². The van der Waals surface area contributed by atoms with E-state index in [0.29, 0.717) is 0 Å². The van der Waals surface area contributed by atoms with Gasteiger partial charge < -0.3 is 28.8 Å². The molecule has 0 unspecified atom stereocenters. The number of fused-ring (bicyclic) bond motifs is 1. The zero-order valence-corrected chi connectivity index (χ0v) is 13.1. The Morgan fingerprint density at radius 1 is 1.29 bits per heavy atom. The lowest BCUT2D eigenvalue weighted by atomic mass is 10.0. The van der Waals surface area contributed by atoms with Gasteiger partial charge in [0.15, 0.2) is 18.2 Å². The van der Waals surface area contributed by atoms with Crippen LogP contribution in [0.15, 0.2) is 0 Å². The van der Waals surface area contributed by atoms with Crippen LogP contribution in [0.5, 0.6) is 0 Å². The predicted molar refractivity (Wildman–Crippen MR) is 71.3 cm³/mol. The first-order chi connectivity index (χ1) is 9.73. The molecule has 0 aromatic carbocycles. The molecule has 122 valence electrons. The van der Waals surface area contributed by atoms with Gasteiger partial charge in [0.05, 0.1) is 12.2 Å². The topological polar surface area (TPSA) is 83.5 Å². The van der Waals surface area contributed by atoms with Crippen molar-refractivity contribution >= 4 is 5.97 Å². The quantitative estimate of drug-likeness (QED) is 0.744. The Kier molecular flexibility index (Phi) is 4.89.